The molecule has 0 spiro atoms. The first-order valence-corrected chi connectivity index (χ1v) is 7.76. The second-order valence-corrected chi connectivity index (χ2v) is 6.29. The molecular formula is C15H17N3O2S. The van der Waals surface area contributed by atoms with E-state index < -0.39 is 6.04 Å². The molecule has 1 heterocycles. The molecule has 0 radical (unpaired) electrons. The van der Waals surface area contributed by atoms with Gasteiger partial charge in [0.2, 0.25) is 5.91 Å². The number of nitrogens with one attached hydrogen (secondary N) is 1. The third-order valence-electron chi connectivity index (χ3n) is 3.55. The van der Waals surface area contributed by atoms with E-state index in [4.69, 9.17) is 5.73 Å². The molecule has 1 aliphatic rings. The first-order valence-electron chi connectivity index (χ1n) is 6.95. The quantitative estimate of drug-likeness (QED) is 0.804. The summed E-state index contributed by atoms with van der Waals surface area (Å²) in [7, 11) is 0. The van der Waals surface area contributed by atoms with Gasteiger partial charge in [0, 0.05) is 4.88 Å². The second kappa shape index (κ2) is 5.83. The Bertz CT molecular complexity index is 630. The van der Waals surface area contributed by atoms with Crippen molar-refractivity contribution in [2.24, 2.45) is 5.73 Å². The van der Waals surface area contributed by atoms with Crippen molar-refractivity contribution in [3.8, 4) is 5.75 Å². The molecule has 0 aliphatic heterocycles. The monoisotopic (exact) mass is 303 g/mol. The summed E-state index contributed by atoms with van der Waals surface area (Å²) in [6.07, 6.45) is 3.64. The fourth-order valence-electron chi connectivity index (χ4n) is 2.42. The zero-order valence-corrected chi connectivity index (χ0v) is 12.3. The van der Waals surface area contributed by atoms with E-state index in [1.807, 2.05) is 0 Å². The molecule has 0 fully saturated rings. The number of phenolic OH excluding ortho intramolecular Hbond substituents is 1. The van der Waals surface area contributed by atoms with Gasteiger partial charge in [0.25, 0.3) is 0 Å². The molecule has 3 rings (SSSR count). The number of hydrogen-bond donors (Lipinski definition) is 3. The van der Waals surface area contributed by atoms with Crippen LogP contribution in [-0.2, 0) is 24.1 Å². The van der Waals surface area contributed by atoms with Gasteiger partial charge in [-0.25, -0.2) is 4.98 Å². The summed E-state index contributed by atoms with van der Waals surface area (Å²) in [6.45, 7) is 0. The Labute approximate surface area is 126 Å². The number of thiazole rings is 1. The molecule has 1 aromatic heterocycles. The number of anilines is 1. The molecule has 1 aromatic carbocycles. The van der Waals surface area contributed by atoms with Crippen molar-refractivity contribution in [2.45, 2.75) is 31.7 Å². The lowest BCUT2D eigenvalue weighted by atomic mass is 10.1. The van der Waals surface area contributed by atoms with E-state index in [-0.39, 0.29) is 11.7 Å². The molecule has 4 N–H and O–H groups in total. The molecule has 6 heteroatoms. The van der Waals surface area contributed by atoms with Gasteiger partial charge in [-0.15, -0.1) is 11.3 Å². The average Bonchev–Trinajstić information content (AvgIpc) is 3.02. The van der Waals surface area contributed by atoms with Crippen molar-refractivity contribution in [1.29, 1.82) is 0 Å². The largest absolute Gasteiger partial charge is 0.508 e. The van der Waals surface area contributed by atoms with Crippen LogP contribution in [0.5, 0.6) is 5.75 Å². The van der Waals surface area contributed by atoms with Gasteiger partial charge in [-0.1, -0.05) is 12.1 Å². The van der Waals surface area contributed by atoms with Gasteiger partial charge >= 0.3 is 0 Å². The van der Waals surface area contributed by atoms with Crippen LogP contribution in [0.1, 0.15) is 22.6 Å². The number of hydrogen-bond acceptors (Lipinski definition) is 5. The predicted octanol–water partition coefficient (Wildman–Crippen LogP) is 1.85. The zero-order chi connectivity index (χ0) is 14.8. The number of nitrogens with two attached hydrogens (primary N) is 1. The average molecular weight is 303 g/mol. The van der Waals surface area contributed by atoms with Crippen LogP contribution in [0.3, 0.4) is 0 Å². The van der Waals surface area contributed by atoms with Crippen LogP contribution < -0.4 is 11.1 Å². The highest BCUT2D eigenvalue weighted by Crippen LogP contribution is 2.30. The normalized spacial score (nSPS) is 14.7. The zero-order valence-electron chi connectivity index (χ0n) is 11.5. The van der Waals surface area contributed by atoms with Gasteiger partial charge in [0.1, 0.15) is 5.75 Å². The maximum atomic E-state index is 12.1. The maximum absolute atomic E-state index is 12.1. The van der Waals surface area contributed by atoms with Gasteiger partial charge < -0.3 is 16.2 Å². The van der Waals surface area contributed by atoms with E-state index in [2.05, 4.69) is 10.3 Å². The molecule has 1 unspecified atom stereocenters. The van der Waals surface area contributed by atoms with E-state index >= 15 is 0 Å². The lowest BCUT2D eigenvalue weighted by Gasteiger charge is -2.11. The summed E-state index contributed by atoms with van der Waals surface area (Å²) in [5, 5.41) is 12.7. The smallest absolute Gasteiger partial charge is 0.243 e. The number of aromatic nitrogens is 1. The number of phenols is 1. The highest BCUT2D eigenvalue weighted by molar-refractivity contribution is 7.15. The number of aryl methyl sites for hydroxylation is 2. The summed E-state index contributed by atoms with van der Waals surface area (Å²) in [5.41, 5.74) is 7.96. The fraction of sp³-hybridized carbons (Fsp3) is 0.333. The molecule has 1 amide bonds. The van der Waals surface area contributed by atoms with Crippen LogP contribution in [0.25, 0.3) is 0 Å². The Kier molecular flexibility index (Phi) is 3.90. The Morgan fingerprint density at radius 3 is 2.86 bits per heavy atom. The first kappa shape index (κ1) is 14.0. The summed E-state index contributed by atoms with van der Waals surface area (Å²) < 4.78 is 0. The van der Waals surface area contributed by atoms with Crippen molar-refractivity contribution in [3.63, 3.8) is 0 Å². The minimum absolute atomic E-state index is 0.203. The van der Waals surface area contributed by atoms with E-state index in [0.29, 0.717) is 11.6 Å². The highest BCUT2D eigenvalue weighted by atomic mass is 32.1. The van der Waals surface area contributed by atoms with Gasteiger partial charge in [-0.3, -0.25) is 4.79 Å². The van der Waals surface area contributed by atoms with Crippen molar-refractivity contribution >= 4 is 22.4 Å². The molecular weight excluding hydrogens is 286 g/mol. The number of nitrogens with zero attached hydrogens (tertiary/aromatic N) is 1. The van der Waals surface area contributed by atoms with Crippen molar-refractivity contribution < 1.29 is 9.90 Å². The number of carbonyl (C=O) groups is 1. The SMILES string of the molecule is NC(Cc1ccc(O)cc1)C(=O)Nc1nc2c(s1)CCC2. The topological polar surface area (TPSA) is 88.2 Å². The number of benzene rings is 1. The van der Waals surface area contributed by atoms with Crippen molar-refractivity contribution in [1.82, 2.24) is 4.98 Å². The standard InChI is InChI=1S/C15H17N3O2S/c16-11(8-9-4-6-10(19)7-5-9)14(20)18-15-17-12-2-1-3-13(12)21-15/h4-7,11,19H,1-3,8,16H2,(H,17,18,20). The molecule has 21 heavy (non-hydrogen) atoms. The van der Waals surface area contributed by atoms with Crippen LogP contribution >= 0.6 is 11.3 Å². The number of rotatable bonds is 4. The number of carbonyl (C=O) groups excluding carboxylic acids is 1. The van der Waals surface area contributed by atoms with Crippen LogP contribution in [0.4, 0.5) is 5.13 Å². The molecule has 5 nitrogen and oxygen atoms in total. The number of amides is 1. The second-order valence-electron chi connectivity index (χ2n) is 5.21. The Hall–Kier alpha value is -1.92. The predicted molar refractivity (Wildman–Crippen MR) is 82.6 cm³/mol. The summed E-state index contributed by atoms with van der Waals surface area (Å²) in [4.78, 5) is 17.8. The van der Waals surface area contributed by atoms with Gasteiger partial charge in [-0.2, -0.15) is 0 Å². The van der Waals surface area contributed by atoms with E-state index in [0.717, 1.165) is 30.5 Å². The number of fused-ring (bicyclic) bond motifs is 1. The third-order valence-corrected chi connectivity index (χ3v) is 4.63. The van der Waals surface area contributed by atoms with Crippen LogP contribution in [-0.4, -0.2) is 22.0 Å². The third kappa shape index (κ3) is 3.22. The van der Waals surface area contributed by atoms with E-state index in [1.54, 1.807) is 35.6 Å². The van der Waals surface area contributed by atoms with E-state index in [1.165, 1.54) is 4.88 Å². The molecule has 110 valence electrons. The summed E-state index contributed by atoms with van der Waals surface area (Å²) in [6, 6.07) is 6.07. The minimum atomic E-state index is -0.631. The van der Waals surface area contributed by atoms with Crippen LogP contribution in [0.2, 0.25) is 0 Å². The highest BCUT2D eigenvalue weighted by Gasteiger charge is 2.20. The first-order chi connectivity index (χ1) is 10.1. The summed E-state index contributed by atoms with van der Waals surface area (Å²) >= 11 is 1.54. The lowest BCUT2D eigenvalue weighted by Crippen LogP contribution is -2.37. The van der Waals surface area contributed by atoms with Gasteiger partial charge in [0.15, 0.2) is 5.13 Å². The van der Waals surface area contributed by atoms with Gasteiger partial charge in [-0.05, 0) is 43.4 Å². The van der Waals surface area contributed by atoms with Crippen LogP contribution in [0.15, 0.2) is 24.3 Å². The van der Waals surface area contributed by atoms with E-state index in [9.17, 15) is 9.90 Å². The maximum Gasteiger partial charge on any atom is 0.243 e. The Morgan fingerprint density at radius 2 is 2.14 bits per heavy atom. The Balaban J connectivity index is 1.60. The molecule has 0 bridgehead atoms. The Morgan fingerprint density at radius 1 is 1.38 bits per heavy atom. The lowest BCUT2D eigenvalue weighted by molar-refractivity contribution is -0.117. The molecule has 1 aliphatic carbocycles. The molecule has 1 atom stereocenters. The minimum Gasteiger partial charge on any atom is -0.508 e. The van der Waals surface area contributed by atoms with Gasteiger partial charge in [0.05, 0.1) is 11.7 Å². The molecule has 2 aromatic rings. The van der Waals surface area contributed by atoms with Crippen LogP contribution in [0, 0.1) is 0 Å². The van der Waals surface area contributed by atoms with Crippen molar-refractivity contribution in [3.05, 3.63) is 40.4 Å². The summed E-state index contributed by atoms with van der Waals surface area (Å²) in [5.74, 6) is -0.0235. The fourth-order valence-corrected chi connectivity index (χ4v) is 3.47. The molecule has 0 saturated heterocycles. The van der Waals surface area contributed by atoms with Crippen molar-refractivity contribution in [2.75, 3.05) is 5.32 Å². The molecule has 0 saturated carbocycles. The number of aromatic hydroxyl groups is 1.